The molecule has 0 radical (unpaired) electrons. The molecule has 2 aliphatic heterocycles. The quantitative estimate of drug-likeness (QED) is 0.0130. The number of carbonyl (C=O) groups excluding carboxylic acids is 2. The summed E-state index contributed by atoms with van der Waals surface area (Å²) in [5, 5.41) is 72.2. The fourth-order valence-corrected chi connectivity index (χ4v) is 8.99. The second kappa shape index (κ2) is 45.5. The smallest absolute Gasteiger partial charge is 0.306 e. The van der Waals surface area contributed by atoms with Crippen molar-refractivity contribution in [2.75, 3.05) is 26.4 Å². The Labute approximate surface area is 446 Å². The third-order valence-corrected chi connectivity index (χ3v) is 13.8. The van der Waals surface area contributed by atoms with Crippen LogP contribution in [0.25, 0.3) is 0 Å². The molecule has 2 rings (SSSR count). The van der Waals surface area contributed by atoms with E-state index in [1.807, 2.05) is 0 Å². The zero-order chi connectivity index (χ0) is 53.9. The molecule has 430 valence electrons. The van der Waals surface area contributed by atoms with E-state index >= 15 is 0 Å². The Morgan fingerprint density at radius 3 is 1.36 bits per heavy atom. The second-order valence-corrected chi connectivity index (χ2v) is 20.5. The maximum Gasteiger partial charge on any atom is 0.306 e. The highest BCUT2D eigenvalue weighted by atomic mass is 16.7. The van der Waals surface area contributed by atoms with Gasteiger partial charge < -0.3 is 64.2 Å². The van der Waals surface area contributed by atoms with Crippen LogP contribution >= 0.6 is 0 Å². The molecule has 2 aliphatic rings. The van der Waals surface area contributed by atoms with Crippen LogP contribution in [0.2, 0.25) is 0 Å². The van der Waals surface area contributed by atoms with Crippen LogP contribution in [0.15, 0.2) is 48.6 Å². The fourth-order valence-electron chi connectivity index (χ4n) is 8.99. The monoisotopic (exact) mass is 1050 g/mol. The van der Waals surface area contributed by atoms with E-state index in [9.17, 15) is 45.3 Å². The van der Waals surface area contributed by atoms with Crippen molar-refractivity contribution < 1.29 is 73.8 Å². The third-order valence-electron chi connectivity index (χ3n) is 13.8. The van der Waals surface area contributed by atoms with Crippen LogP contribution in [0.1, 0.15) is 219 Å². The molecule has 11 atom stereocenters. The number of ether oxygens (including phenoxy) is 6. The molecule has 0 bridgehead atoms. The lowest BCUT2D eigenvalue weighted by atomic mass is 9.98. The van der Waals surface area contributed by atoms with Gasteiger partial charge in [-0.05, 0) is 70.6 Å². The molecule has 0 amide bonds. The Kier molecular flexibility index (Phi) is 41.5. The molecule has 4 unspecified atom stereocenters. The fraction of sp³-hybridized carbons (Fsp3) is 0.831. The molecule has 0 aliphatic carbocycles. The highest BCUT2D eigenvalue weighted by Crippen LogP contribution is 2.27. The van der Waals surface area contributed by atoms with Crippen LogP contribution in [0, 0.1) is 0 Å². The largest absolute Gasteiger partial charge is 0.462 e. The first kappa shape index (κ1) is 67.6. The maximum absolute atomic E-state index is 13.0. The summed E-state index contributed by atoms with van der Waals surface area (Å²) in [5.74, 6) is -0.989. The molecule has 15 nitrogen and oxygen atoms in total. The molecule has 0 aromatic rings. The lowest BCUT2D eigenvalue weighted by molar-refractivity contribution is -0.332. The standard InChI is InChI=1S/C59H104O15/c1-3-5-7-9-11-13-15-17-19-20-21-22-23-24-25-26-28-30-32-34-36-38-40-42-51(62)72-47(44-69-50(61)41-39-37-35-33-31-29-27-18-16-14-12-10-8-6-4-2)45-70-58-57(68)55(66)53(64)49(74-58)46-71-59-56(67)54(65)52(63)48(43-60)73-59/h14,16,18,26-28,34,36,47-49,52-60,63-68H,3-13,15,17,19-25,29-33,35,37-46H2,1-2H3/b16-14+,27-18+,28-26+,36-34+/t47-,48+,49+,52-,53-,54?,55?,56?,57?,58+,59+/m1/s1. The molecular formula is C59H104O15. The number of rotatable bonds is 46. The molecular weight excluding hydrogens is 949 g/mol. The van der Waals surface area contributed by atoms with Crippen molar-refractivity contribution in [2.45, 2.75) is 287 Å². The lowest BCUT2D eigenvalue weighted by Crippen LogP contribution is -2.61. The Balaban J connectivity index is 1.77. The summed E-state index contributed by atoms with van der Waals surface area (Å²) in [7, 11) is 0. The van der Waals surface area contributed by atoms with Crippen LogP contribution in [0.4, 0.5) is 0 Å². The van der Waals surface area contributed by atoms with Gasteiger partial charge in [-0.3, -0.25) is 9.59 Å². The van der Waals surface area contributed by atoms with E-state index in [0.717, 1.165) is 57.8 Å². The number of allylic oxidation sites excluding steroid dienone is 8. The molecule has 0 spiro atoms. The second-order valence-electron chi connectivity index (χ2n) is 20.5. The van der Waals surface area contributed by atoms with E-state index in [0.29, 0.717) is 19.3 Å². The summed E-state index contributed by atoms with van der Waals surface area (Å²) in [4.78, 5) is 25.8. The van der Waals surface area contributed by atoms with E-state index in [-0.39, 0.29) is 19.4 Å². The van der Waals surface area contributed by atoms with Crippen LogP contribution in [0.5, 0.6) is 0 Å². The van der Waals surface area contributed by atoms with Gasteiger partial charge in [-0.2, -0.15) is 0 Å². The molecule has 7 N–H and O–H groups in total. The van der Waals surface area contributed by atoms with Gasteiger partial charge in [0.05, 0.1) is 19.8 Å². The van der Waals surface area contributed by atoms with E-state index < -0.39 is 99.3 Å². The minimum atomic E-state index is -1.78. The number of carbonyl (C=O) groups is 2. The molecule has 74 heavy (non-hydrogen) atoms. The lowest BCUT2D eigenvalue weighted by Gasteiger charge is -2.42. The minimum absolute atomic E-state index is 0.102. The average molecular weight is 1050 g/mol. The zero-order valence-corrected chi connectivity index (χ0v) is 45.8. The minimum Gasteiger partial charge on any atom is -0.462 e. The van der Waals surface area contributed by atoms with E-state index in [1.165, 1.54) is 116 Å². The van der Waals surface area contributed by atoms with E-state index in [4.69, 9.17) is 28.4 Å². The van der Waals surface area contributed by atoms with Crippen LogP contribution in [0.3, 0.4) is 0 Å². The highest BCUT2D eigenvalue weighted by molar-refractivity contribution is 5.70. The van der Waals surface area contributed by atoms with Gasteiger partial charge in [-0.25, -0.2) is 0 Å². The van der Waals surface area contributed by atoms with Crippen molar-refractivity contribution in [1.29, 1.82) is 0 Å². The Bertz CT molecular complexity index is 1470. The number of aliphatic hydroxyl groups is 7. The third kappa shape index (κ3) is 32.3. The Morgan fingerprint density at radius 2 is 0.838 bits per heavy atom. The molecule has 0 aromatic carbocycles. The normalized spacial score (nSPS) is 25.0. The zero-order valence-electron chi connectivity index (χ0n) is 45.8. The summed E-state index contributed by atoms with van der Waals surface area (Å²) in [6.07, 6.45) is 35.8. The molecule has 0 aromatic heterocycles. The molecule has 15 heteroatoms. The first-order chi connectivity index (χ1) is 36.0. The molecule has 2 fully saturated rings. The Hall–Kier alpha value is -2.54. The topological polar surface area (TPSA) is 231 Å². The van der Waals surface area contributed by atoms with Crippen molar-refractivity contribution in [2.24, 2.45) is 0 Å². The number of unbranched alkanes of at least 4 members (excludes halogenated alkanes) is 25. The van der Waals surface area contributed by atoms with Crippen molar-refractivity contribution in [3.05, 3.63) is 48.6 Å². The SMILES string of the molecule is CCCCCC/C=C/C=C/CCCCCCCC(=O)OC[C@H](CO[C@H]1O[C@@H](CO[C@H]2O[C@@H](CO)[C@@H](O)C(O)C2O)[C@@H](O)C(O)C1O)OC(=O)CCC/C=C/CC/C=C/CCCCCCCCCCCCCCCC. The molecule has 0 saturated carbocycles. The van der Waals surface area contributed by atoms with Gasteiger partial charge in [0, 0.05) is 12.8 Å². The molecule has 2 saturated heterocycles. The van der Waals surface area contributed by atoms with Gasteiger partial charge in [0.1, 0.15) is 55.4 Å². The van der Waals surface area contributed by atoms with Gasteiger partial charge in [0.25, 0.3) is 0 Å². The predicted molar refractivity (Wildman–Crippen MR) is 289 cm³/mol. The van der Waals surface area contributed by atoms with Crippen LogP contribution in [-0.4, -0.2) is 142 Å². The average Bonchev–Trinajstić information content (AvgIpc) is 3.39. The van der Waals surface area contributed by atoms with Crippen LogP contribution in [-0.2, 0) is 38.0 Å². The van der Waals surface area contributed by atoms with Crippen molar-refractivity contribution in [3.63, 3.8) is 0 Å². The molecule has 2 heterocycles. The van der Waals surface area contributed by atoms with Crippen LogP contribution < -0.4 is 0 Å². The number of esters is 2. The van der Waals surface area contributed by atoms with Gasteiger partial charge >= 0.3 is 11.9 Å². The number of hydrogen-bond acceptors (Lipinski definition) is 15. The number of aliphatic hydroxyl groups excluding tert-OH is 7. The maximum atomic E-state index is 13.0. The first-order valence-corrected chi connectivity index (χ1v) is 29.2. The summed E-state index contributed by atoms with van der Waals surface area (Å²) < 4.78 is 33.6. The highest BCUT2D eigenvalue weighted by Gasteiger charge is 2.47. The van der Waals surface area contributed by atoms with E-state index in [2.05, 4.69) is 62.5 Å². The van der Waals surface area contributed by atoms with Crippen molar-refractivity contribution in [3.8, 4) is 0 Å². The summed E-state index contributed by atoms with van der Waals surface area (Å²) in [5.41, 5.74) is 0. The first-order valence-electron chi connectivity index (χ1n) is 29.2. The summed E-state index contributed by atoms with van der Waals surface area (Å²) in [6.45, 7) is 2.54. The van der Waals surface area contributed by atoms with Gasteiger partial charge in [0.15, 0.2) is 18.7 Å². The summed E-state index contributed by atoms with van der Waals surface area (Å²) in [6, 6.07) is 0. The van der Waals surface area contributed by atoms with Crippen molar-refractivity contribution >= 4 is 11.9 Å². The predicted octanol–water partition coefficient (Wildman–Crippen LogP) is 9.83. The summed E-state index contributed by atoms with van der Waals surface area (Å²) >= 11 is 0. The number of hydrogen-bond donors (Lipinski definition) is 7. The van der Waals surface area contributed by atoms with Gasteiger partial charge in [0.2, 0.25) is 0 Å². The Morgan fingerprint density at radius 1 is 0.432 bits per heavy atom. The van der Waals surface area contributed by atoms with Gasteiger partial charge in [-0.1, -0.05) is 184 Å². The van der Waals surface area contributed by atoms with E-state index in [1.54, 1.807) is 0 Å². The van der Waals surface area contributed by atoms with Gasteiger partial charge in [-0.15, -0.1) is 0 Å². The van der Waals surface area contributed by atoms with Crippen molar-refractivity contribution in [1.82, 2.24) is 0 Å².